The largest absolute Gasteiger partial charge is 0.387 e. The van der Waals surface area contributed by atoms with Crippen LogP contribution in [0.2, 0.25) is 0 Å². The van der Waals surface area contributed by atoms with Gasteiger partial charge in [0, 0.05) is 10.5 Å². The van der Waals surface area contributed by atoms with E-state index in [-0.39, 0.29) is 12.5 Å². The highest BCUT2D eigenvalue weighted by molar-refractivity contribution is 9.10. The lowest BCUT2D eigenvalue weighted by Crippen LogP contribution is -2.13. The number of amides is 1. The molecule has 0 unspecified atom stereocenters. The Bertz CT molecular complexity index is 625. The Morgan fingerprint density at radius 1 is 1.55 bits per heavy atom. The predicted molar refractivity (Wildman–Crippen MR) is 77.3 cm³/mol. The van der Waals surface area contributed by atoms with E-state index in [0.717, 1.165) is 16.4 Å². The highest BCUT2D eigenvalue weighted by atomic mass is 79.9. The molecule has 104 valence electrons. The van der Waals surface area contributed by atoms with E-state index in [0.29, 0.717) is 11.4 Å². The van der Waals surface area contributed by atoms with Crippen molar-refractivity contribution in [3.8, 4) is 0 Å². The third-order valence-corrected chi connectivity index (χ3v) is 2.95. The number of benzene rings is 1. The second-order valence-corrected chi connectivity index (χ2v) is 4.77. The van der Waals surface area contributed by atoms with Crippen molar-refractivity contribution in [1.82, 2.24) is 5.16 Å². The van der Waals surface area contributed by atoms with Crippen LogP contribution in [0.15, 0.2) is 44.5 Å². The molecule has 1 aromatic carbocycles. The van der Waals surface area contributed by atoms with Crippen LogP contribution in [0.4, 0.5) is 5.69 Å². The first-order valence-corrected chi connectivity index (χ1v) is 6.57. The van der Waals surface area contributed by atoms with Gasteiger partial charge in [0.15, 0.2) is 12.4 Å². The molecule has 0 spiro atoms. The lowest BCUT2D eigenvalue weighted by atomic mass is 10.3. The molecule has 0 aliphatic rings. The summed E-state index contributed by atoms with van der Waals surface area (Å²) in [6.07, 6.45) is 1.06. The van der Waals surface area contributed by atoms with Crippen molar-refractivity contribution in [2.24, 2.45) is 5.16 Å². The summed E-state index contributed by atoms with van der Waals surface area (Å²) >= 11 is 3.33. The zero-order valence-corrected chi connectivity index (χ0v) is 12.3. The second-order valence-electron chi connectivity index (χ2n) is 3.91. The number of oxime groups is 1. The predicted octanol–water partition coefficient (Wildman–Crippen LogP) is 2.89. The minimum absolute atomic E-state index is 0.125. The van der Waals surface area contributed by atoms with Gasteiger partial charge in [0.2, 0.25) is 0 Å². The van der Waals surface area contributed by atoms with Gasteiger partial charge in [0.05, 0.1) is 11.4 Å². The van der Waals surface area contributed by atoms with Gasteiger partial charge >= 0.3 is 0 Å². The summed E-state index contributed by atoms with van der Waals surface area (Å²) in [5.41, 5.74) is 1.43. The molecule has 0 saturated carbocycles. The highest BCUT2D eigenvalue weighted by Crippen LogP contribution is 2.20. The van der Waals surface area contributed by atoms with Crippen LogP contribution >= 0.6 is 15.9 Å². The molecule has 1 amide bonds. The van der Waals surface area contributed by atoms with Crippen molar-refractivity contribution in [1.29, 1.82) is 0 Å². The van der Waals surface area contributed by atoms with Crippen molar-refractivity contribution in [3.63, 3.8) is 0 Å². The van der Waals surface area contributed by atoms with E-state index in [1.165, 1.54) is 0 Å². The van der Waals surface area contributed by atoms with E-state index in [1.54, 1.807) is 19.1 Å². The first-order chi connectivity index (χ1) is 9.65. The molecule has 0 radical (unpaired) electrons. The Balaban J connectivity index is 1.79. The zero-order valence-electron chi connectivity index (χ0n) is 10.7. The van der Waals surface area contributed by atoms with Gasteiger partial charge in [0.1, 0.15) is 6.21 Å². The van der Waals surface area contributed by atoms with Crippen molar-refractivity contribution in [2.75, 3.05) is 5.32 Å². The van der Waals surface area contributed by atoms with Crippen molar-refractivity contribution in [2.45, 2.75) is 13.5 Å². The summed E-state index contributed by atoms with van der Waals surface area (Å²) in [6.45, 7) is 1.93. The molecule has 7 heteroatoms. The van der Waals surface area contributed by atoms with E-state index in [4.69, 9.17) is 9.36 Å². The zero-order chi connectivity index (χ0) is 14.4. The van der Waals surface area contributed by atoms with Gasteiger partial charge in [-0.05, 0) is 35.0 Å². The molecule has 1 aromatic heterocycles. The molecule has 2 rings (SSSR count). The van der Waals surface area contributed by atoms with Crippen LogP contribution in [0.5, 0.6) is 0 Å². The monoisotopic (exact) mass is 337 g/mol. The fourth-order valence-electron chi connectivity index (χ4n) is 1.40. The van der Waals surface area contributed by atoms with Crippen LogP contribution in [-0.2, 0) is 16.2 Å². The fraction of sp³-hybridized carbons (Fsp3) is 0.154. The molecule has 0 fully saturated rings. The number of carbonyl (C=O) groups excluding carboxylic acids is 1. The Kier molecular flexibility index (Phi) is 4.89. The van der Waals surface area contributed by atoms with Gasteiger partial charge in [-0.1, -0.05) is 22.4 Å². The Labute approximate surface area is 123 Å². The summed E-state index contributed by atoms with van der Waals surface area (Å²) in [5.74, 6) is 0.163. The third-order valence-electron chi connectivity index (χ3n) is 2.26. The average molecular weight is 338 g/mol. The molecule has 6 nitrogen and oxygen atoms in total. The Morgan fingerprint density at radius 2 is 2.35 bits per heavy atom. The topological polar surface area (TPSA) is 76.7 Å². The number of hydrogen-bond acceptors (Lipinski definition) is 5. The normalized spacial score (nSPS) is 10.7. The highest BCUT2D eigenvalue weighted by Gasteiger charge is 2.03. The second kappa shape index (κ2) is 6.85. The molecular formula is C13H12BrN3O3. The minimum atomic E-state index is -0.384. The quantitative estimate of drug-likeness (QED) is 0.672. The van der Waals surface area contributed by atoms with Crippen LogP contribution < -0.4 is 5.32 Å². The Hall–Kier alpha value is -2.15. The van der Waals surface area contributed by atoms with Gasteiger partial charge in [-0.25, -0.2) is 0 Å². The van der Waals surface area contributed by atoms with E-state index >= 15 is 0 Å². The number of aromatic nitrogens is 1. The molecule has 0 bridgehead atoms. The maximum absolute atomic E-state index is 11.6. The standard InChI is InChI=1S/C13H12BrN3O3/c1-9-6-10(20-17-9)8-19-15-7-13(18)16-12-5-3-2-4-11(12)14/h2-7H,8H2,1H3,(H,16,18)/b15-7+. The van der Waals surface area contributed by atoms with Crippen LogP contribution in [0.3, 0.4) is 0 Å². The third kappa shape index (κ3) is 4.20. The molecule has 20 heavy (non-hydrogen) atoms. The van der Waals surface area contributed by atoms with Crippen molar-refractivity contribution in [3.05, 3.63) is 46.3 Å². The Morgan fingerprint density at radius 3 is 3.05 bits per heavy atom. The van der Waals surface area contributed by atoms with E-state index in [2.05, 4.69) is 31.6 Å². The number of para-hydroxylation sites is 1. The van der Waals surface area contributed by atoms with Crippen LogP contribution in [0, 0.1) is 6.92 Å². The van der Waals surface area contributed by atoms with Gasteiger partial charge in [0.25, 0.3) is 5.91 Å². The number of hydrogen-bond donors (Lipinski definition) is 1. The number of nitrogens with one attached hydrogen (secondary N) is 1. The van der Waals surface area contributed by atoms with Crippen LogP contribution in [0.1, 0.15) is 11.5 Å². The maximum Gasteiger partial charge on any atom is 0.270 e. The summed E-state index contributed by atoms with van der Waals surface area (Å²) in [6, 6.07) is 9.01. The van der Waals surface area contributed by atoms with E-state index in [1.807, 2.05) is 18.2 Å². The molecule has 2 aromatic rings. The number of anilines is 1. The lowest BCUT2D eigenvalue weighted by molar-refractivity contribution is -0.110. The smallest absolute Gasteiger partial charge is 0.270 e. The lowest BCUT2D eigenvalue weighted by Gasteiger charge is -2.03. The van der Waals surface area contributed by atoms with Gasteiger partial charge in [-0.15, -0.1) is 0 Å². The van der Waals surface area contributed by atoms with E-state index < -0.39 is 0 Å². The molecule has 1 N–H and O–H groups in total. The number of rotatable bonds is 5. The van der Waals surface area contributed by atoms with Gasteiger partial charge in [-0.3, -0.25) is 4.79 Å². The van der Waals surface area contributed by atoms with Crippen molar-refractivity contribution >= 4 is 33.7 Å². The SMILES string of the molecule is Cc1cc(CO/N=C/C(=O)Nc2ccccc2Br)on1. The molecule has 1 heterocycles. The van der Waals surface area contributed by atoms with Crippen LogP contribution in [-0.4, -0.2) is 17.3 Å². The van der Waals surface area contributed by atoms with Gasteiger partial charge in [-0.2, -0.15) is 0 Å². The average Bonchev–Trinajstić information content (AvgIpc) is 2.83. The van der Waals surface area contributed by atoms with E-state index in [9.17, 15) is 4.79 Å². The molecule has 0 aliphatic carbocycles. The molecule has 0 saturated heterocycles. The maximum atomic E-state index is 11.6. The number of aryl methyl sites for hydroxylation is 1. The minimum Gasteiger partial charge on any atom is -0.387 e. The summed E-state index contributed by atoms with van der Waals surface area (Å²) in [7, 11) is 0. The molecular weight excluding hydrogens is 326 g/mol. The number of halogens is 1. The first-order valence-electron chi connectivity index (χ1n) is 5.78. The molecule has 0 aliphatic heterocycles. The summed E-state index contributed by atoms with van der Waals surface area (Å²) < 4.78 is 5.72. The number of carbonyl (C=O) groups is 1. The van der Waals surface area contributed by atoms with Crippen LogP contribution in [0.25, 0.3) is 0 Å². The summed E-state index contributed by atoms with van der Waals surface area (Å²) in [5, 5.41) is 9.93. The number of nitrogens with zero attached hydrogens (tertiary/aromatic N) is 2. The van der Waals surface area contributed by atoms with Crippen molar-refractivity contribution < 1.29 is 14.2 Å². The molecule has 0 atom stereocenters. The summed E-state index contributed by atoms with van der Waals surface area (Å²) in [4.78, 5) is 16.5. The fourth-order valence-corrected chi connectivity index (χ4v) is 1.78. The van der Waals surface area contributed by atoms with Gasteiger partial charge < -0.3 is 14.7 Å². The first kappa shape index (κ1) is 14.3.